The van der Waals surface area contributed by atoms with Crippen LogP contribution in [0.1, 0.15) is 40.4 Å². The third-order valence-electron chi connectivity index (χ3n) is 2.56. The zero-order valence-corrected chi connectivity index (χ0v) is 14.8. The summed E-state index contributed by atoms with van der Waals surface area (Å²) in [5, 5.41) is 3.51. The van der Waals surface area contributed by atoms with Gasteiger partial charge < -0.3 is 9.73 Å². The molecule has 0 saturated carbocycles. The van der Waals surface area contributed by atoms with E-state index < -0.39 is 0 Å². The Hall–Kier alpha value is -0.0600. The molecule has 0 aliphatic rings. The van der Waals surface area contributed by atoms with Gasteiger partial charge in [-0.1, -0.05) is 19.4 Å². The van der Waals surface area contributed by atoms with Gasteiger partial charge in [-0.2, -0.15) is 0 Å². The van der Waals surface area contributed by atoms with E-state index in [-0.39, 0.29) is 5.54 Å². The third-order valence-corrected chi connectivity index (χ3v) is 4.27. The van der Waals surface area contributed by atoms with Crippen LogP contribution in [-0.4, -0.2) is 12.1 Å². The Labute approximate surface area is 126 Å². The summed E-state index contributed by atoms with van der Waals surface area (Å²) in [5.74, 6) is 1.36. The molecule has 0 amide bonds. The van der Waals surface area contributed by atoms with E-state index in [9.17, 15) is 0 Å². The highest BCUT2D eigenvalue weighted by Gasteiger charge is 2.12. The highest BCUT2D eigenvalue weighted by Crippen LogP contribution is 2.28. The molecule has 0 aromatic carbocycles. The number of hydrogen-bond acceptors (Lipinski definition) is 2. The monoisotopic (exact) mass is 377 g/mol. The second kappa shape index (κ2) is 6.40. The Kier molecular flexibility index (Phi) is 5.68. The van der Waals surface area contributed by atoms with Crippen molar-refractivity contribution in [1.29, 1.82) is 0 Å². The van der Waals surface area contributed by atoms with Crippen LogP contribution in [0.5, 0.6) is 0 Å². The van der Waals surface area contributed by atoms with Crippen LogP contribution in [-0.2, 0) is 0 Å². The van der Waals surface area contributed by atoms with E-state index in [1.165, 1.54) is 5.57 Å². The fourth-order valence-corrected chi connectivity index (χ4v) is 2.01. The smallest absolute Gasteiger partial charge is 0.184 e. The van der Waals surface area contributed by atoms with Gasteiger partial charge in [-0.15, -0.1) is 0 Å². The van der Waals surface area contributed by atoms with E-state index in [1.807, 2.05) is 6.07 Å². The maximum absolute atomic E-state index is 5.59. The van der Waals surface area contributed by atoms with Crippen molar-refractivity contribution in [2.75, 3.05) is 6.54 Å². The van der Waals surface area contributed by atoms with Crippen LogP contribution < -0.4 is 5.32 Å². The molecule has 1 aromatic rings. The van der Waals surface area contributed by atoms with E-state index in [0.29, 0.717) is 5.92 Å². The Morgan fingerprint density at radius 2 is 2.00 bits per heavy atom. The van der Waals surface area contributed by atoms with Crippen LogP contribution in [0.3, 0.4) is 0 Å². The number of nitrogens with one attached hydrogen (secondary N) is 1. The van der Waals surface area contributed by atoms with Gasteiger partial charge >= 0.3 is 0 Å². The topological polar surface area (TPSA) is 25.2 Å². The van der Waals surface area contributed by atoms with E-state index in [2.05, 4.69) is 77.9 Å². The lowest BCUT2D eigenvalue weighted by molar-refractivity contribution is 0.436. The minimum absolute atomic E-state index is 0.123. The van der Waals surface area contributed by atoms with Crippen LogP contribution in [0, 0.1) is 5.92 Å². The molecule has 1 N–H and O–H groups in total. The summed E-state index contributed by atoms with van der Waals surface area (Å²) in [6.07, 6.45) is 2.11. The Morgan fingerprint density at radius 1 is 1.39 bits per heavy atom. The molecule has 4 heteroatoms. The van der Waals surface area contributed by atoms with E-state index in [4.69, 9.17) is 4.42 Å². The quantitative estimate of drug-likeness (QED) is 0.775. The fraction of sp³-hybridized carbons (Fsp3) is 0.571. The van der Waals surface area contributed by atoms with Gasteiger partial charge in [0, 0.05) is 12.1 Å². The minimum atomic E-state index is 0.123. The van der Waals surface area contributed by atoms with Gasteiger partial charge in [0.05, 0.1) is 4.47 Å². The number of halogens is 2. The van der Waals surface area contributed by atoms with Crippen molar-refractivity contribution in [1.82, 2.24) is 5.32 Å². The molecule has 18 heavy (non-hydrogen) atoms. The second-order valence-corrected chi connectivity index (χ2v) is 7.32. The molecular formula is C14H21Br2NO. The predicted octanol–water partition coefficient (Wildman–Crippen LogP) is 5.23. The number of hydrogen-bond donors (Lipinski definition) is 1. The largest absolute Gasteiger partial charge is 0.449 e. The van der Waals surface area contributed by atoms with Gasteiger partial charge in [-0.3, -0.25) is 0 Å². The summed E-state index contributed by atoms with van der Waals surface area (Å²) in [6, 6.07) is 1.98. The molecule has 2 nitrogen and oxygen atoms in total. The van der Waals surface area contributed by atoms with Gasteiger partial charge in [0.15, 0.2) is 4.67 Å². The first-order valence-corrected chi connectivity index (χ1v) is 7.68. The Balaban J connectivity index is 2.84. The predicted molar refractivity (Wildman–Crippen MR) is 84.7 cm³/mol. The lowest BCUT2D eigenvalue weighted by Crippen LogP contribution is -2.37. The summed E-state index contributed by atoms with van der Waals surface area (Å²) in [6.45, 7) is 11.8. The third kappa shape index (κ3) is 5.29. The van der Waals surface area contributed by atoms with E-state index in [1.54, 1.807) is 0 Å². The molecule has 1 rings (SSSR count). The highest BCUT2D eigenvalue weighted by molar-refractivity contribution is 9.13. The molecule has 0 unspecified atom stereocenters. The molecule has 0 spiro atoms. The van der Waals surface area contributed by atoms with Gasteiger partial charge in [-0.05, 0) is 70.7 Å². The molecule has 0 atom stereocenters. The van der Waals surface area contributed by atoms with Crippen LogP contribution in [0.15, 0.2) is 25.2 Å². The lowest BCUT2D eigenvalue weighted by atomic mass is 10.0. The van der Waals surface area contributed by atoms with Crippen LogP contribution in [0.4, 0.5) is 0 Å². The summed E-state index contributed by atoms with van der Waals surface area (Å²) in [5.41, 5.74) is 1.46. The van der Waals surface area contributed by atoms with Crippen LogP contribution in [0.25, 0.3) is 6.08 Å². The number of rotatable bonds is 4. The minimum Gasteiger partial charge on any atom is -0.449 e. The molecule has 0 radical (unpaired) electrons. The first-order chi connectivity index (χ1) is 8.19. The number of furan rings is 1. The molecule has 102 valence electrons. The standard InChI is InChI=1S/C14H21Br2NO/c1-9(2)10(8-17-14(3,4)5)6-11-7-12(15)13(16)18-11/h6-7,9,17H,8H2,1-5H3. The lowest BCUT2D eigenvalue weighted by Gasteiger charge is -2.23. The van der Waals surface area contributed by atoms with Crippen molar-refractivity contribution in [2.24, 2.45) is 5.92 Å². The van der Waals surface area contributed by atoms with Crippen molar-refractivity contribution in [3.63, 3.8) is 0 Å². The summed E-state index contributed by atoms with van der Waals surface area (Å²) >= 11 is 6.78. The van der Waals surface area contributed by atoms with Crippen LogP contribution in [0.2, 0.25) is 0 Å². The first-order valence-electron chi connectivity index (χ1n) is 6.09. The van der Waals surface area contributed by atoms with Gasteiger partial charge in [0.25, 0.3) is 0 Å². The molecule has 0 saturated heterocycles. The molecule has 1 heterocycles. The van der Waals surface area contributed by atoms with Crippen molar-refractivity contribution in [2.45, 2.75) is 40.2 Å². The molecule has 0 aliphatic heterocycles. The maximum Gasteiger partial charge on any atom is 0.184 e. The molecule has 0 fully saturated rings. The molecule has 0 aliphatic carbocycles. The normalized spacial score (nSPS) is 13.4. The van der Waals surface area contributed by atoms with Crippen molar-refractivity contribution in [3.05, 3.63) is 26.5 Å². The summed E-state index contributed by atoms with van der Waals surface area (Å²) in [7, 11) is 0. The molecule has 1 aromatic heterocycles. The average Bonchev–Trinajstić information content (AvgIpc) is 2.51. The SMILES string of the molecule is CC(C)C(=Cc1cc(Br)c(Br)o1)CNC(C)(C)C. The van der Waals surface area contributed by atoms with E-state index >= 15 is 0 Å². The zero-order chi connectivity index (χ0) is 13.9. The fourth-order valence-electron chi connectivity index (χ4n) is 1.41. The maximum atomic E-state index is 5.59. The molecule has 0 bridgehead atoms. The average molecular weight is 379 g/mol. The molecular weight excluding hydrogens is 358 g/mol. The van der Waals surface area contributed by atoms with Crippen molar-refractivity contribution in [3.8, 4) is 0 Å². The van der Waals surface area contributed by atoms with Crippen LogP contribution >= 0.6 is 31.9 Å². The zero-order valence-electron chi connectivity index (χ0n) is 11.6. The Morgan fingerprint density at radius 3 is 2.39 bits per heavy atom. The summed E-state index contributed by atoms with van der Waals surface area (Å²) in [4.78, 5) is 0. The van der Waals surface area contributed by atoms with Gasteiger partial charge in [0.2, 0.25) is 0 Å². The Bertz CT molecular complexity index is 408. The summed E-state index contributed by atoms with van der Waals surface area (Å²) < 4.78 is 7.27. The first kappa shape index (κ1) is 16.0. The van der Waals surface area contributed by atoms with Crippen molar-refractivity contribution >= 4 is 37.9 Å². The van der Waals surface area contributed by atoms with Crippen molar-refractivity contribution < 1.29 is 4.42 Å². The second-order valence-electron chi connectivity index (χ2n) is 5.75. The van der Waals surface area contributed by atoms with Gasteiger partial charge in [0.1, 0.15) is 5.76 Å². The highest BCUT2D eigenvalue weighted by atomic mass is 79.9. The van der Waals surface area contributed by atoms with E-state index in [0.717, 1.165) is 21.4 Å². The van der Waals surface area contributed by atoms with Gasteiger partial charge in [-0.25, -0.2) is 0 Å².